The second-order valence-electron chi connectivity index (χ2n) is 11.0. The van der Waals surface area contributed by atoms with Crippen molar-refractivity contribution in [1.29, 1.82) is 0 Å². The van der Waals surface area contributed by atoms with Crippen LogP contribution < -0.4 is 20.9 Å². The molecule has 3 N–H and O–H groups in total. The molecular formula is C30H34BrN4O11P. The van der Waals surface area contributed by atoms with Gasteiger partial charge in [-0.25, -0.2) is 9.36 Å². The van der Waals surface area contributed by atoms with E-state index >= 15 is 0 Å². The fraction of sp³-hybridized carbons (Fsp3) is 0.367. The van der Waals surface area contributed by atoms with Gasteiger partial charge in [-0.05, 0) is 41.1 Å². The zero-order chi connectivity index (χ0) is 34.1. The Morgan fingerprint density at radius 1 is 1.23 bits per heavy atom. The van der Waals surface area contributed by atoms with E-state index < -0.39 is 61.0 Å². The van der Waals surface area contributed by atoms with Crippen molar-refractivity contribution in [2.24, 2.45) is 5.92 Å². The number of carbonyl (C=O) groups excluding carboxylic acids is 1. The molecule has 4 rings (SSSR count). The summed E-state index contributed by atoms with van der Waals surface area (Å²) in [6, 6.07) is 12.6. The number of esters is 1. The van der Waals surface area contributed by atoms with Crippen molar-refractivity contribution in [3.05, 3.63) is 108 Å². The summed E-state index contributed by atoms with van der Waals surface area (Å²) >= 11 is 3.08. The van der Waals surface area contributed by atoms with Crippen LogP contribution >= 0.6 is 23.7 Å². The average Bonchev–Trinajstić information content (AvgIpc) is 3.40. The van der Waals surface area contributed by atoms with E-state index in [2.05, 4.69) is 26.0 Å². The van der Waals surface area contributed by atoms with Crippen LogP contribution in [0.4, 0.5) is 5.69 Å². The highest BCUT2D eigenvalue weighted by molar-refractivity contribution is 9.11. The molecule has 5 atom stereocenters. The largest absolute Gasteiger partial charge is 0.460 e. The van der Waals surface area contributed by atoms with Crippen molar-refractivity contribution in [3.8, 4) is 5.75 Å². The molecule has 0 spiro atoms. The molecule has 0 amide bonds. The number of nitrogens with zero attached hydrogens (tertiary/aromatic N) is 2. The highest BCUT2D eigenvalue weighted by Crippen LogP contribution is 2.46. The van der Waals surface area contributed by atoms with Crippen LogP contribution in [0.3, 0.4) is 0 Å². The number of rotatable bonds is 15. The van der Waals surface area contributed by atoms with Gasteiger partial charge in [-0.2, -0.15) is 5.09 Å². The molecule has 15 nitrogen and oxygen atoms in total. The van der Waals surface area contributed by atoms with Gasteiger partial charge in [0.15, 0.2) is 0 Å². The predicted octanol–water partition coefficient (Wildman–Crippen LogP) is 4.41. The minimum Gasteiger partial charge on any atom is -0.460 e. The highest BCUT2D eigenvalue weighted by atomic mass is 79.9. The lowest BCUT2D eigenvalue weighted by Gasteiger charge is -2.26. The molecule has 0 saturated carbocycles. The molecule has 0 aliphatic carbocycles. The third-order valence-electron chi connectivity index (χ3n) is 6.96. The van der Waals surface area contributed by atoms with E-state index in [9.17, 15) is 34.2 Å². The van der Waals surface area contributed by atoms with Gasteiger partial charge in [0.1, 0.15) is 30.7 Å². The molecule has 1 aliphatic heterocycles. The molecule has 1 aliphatic rings. The smallest absolute Gasteiger partial charge is 0.459 e. The molecule has 0 bridgehead atoms. The van der Waals surface area contributed by atoms with Crippen molar-refractivity contribution in [2.75, 3.05) is 6.61 Å². The van der Waals surface area contributed by atoms with Gasteiger partial charge < -0.3 is 19.1 Å². The molecule has 252 valence electrons. The number of nitrogens with one attached hydrogen (secondary N) is 2. The summed E-state index contributed by atoms with van der Waals surface area (Å²) in [4.78, 5) is 52.0. The van der Waals surface area contributed by atoms with Crippen LogP contribution in [-0.4, -0.2) is 50.4 Å². The number of nitro benzene ring substituents is 1. The van der Waals surface area contributed by atoms with Crippen LogP contribution in [0.1, 0.15) is 44.0 Å². The number of aromatic amines is 1. The number of aliphatic hydroxyl groups is 1. The number of nitro groups is 1. The Bertz CT molecular complexity index is 1730. The van der Waals surface area contributed by atoms with Crippen molar-refractivity contribution >= 4 is 41.4 Å². The molecule has 1 saturated heterocycles. The van der Waals surface area contributed by atoms with Gasteiger partial charge in [0, 0.05) is 24.8 Å². The number of H-pyrrole nitrogens is 1. The lowest BCUT2D eigenvalue weighted by Crippen LogP contribution is -2.39. The van der Waals surface area contributed by atoms with Crippen LogP contribution in [0.2, 0.25) is 0 Å². The predicted molar refractivity (Wildman–Crippen MR) is 174 cm³/mol. The minimum absolute atomic E-state index is 0.0366. The summed E-state index contributed by atoms with van der Waals surface area (Å²) in [5, 5.41) is 24.6. The zero-order valence-electron chi connectivity index (χ0n) is 25.4. The molecule has 1 fully saturated rings. The van der Waals surface area contributed by atoms with Gasteiger partial charge in [-0.1, -0.05) is 60.1 Å². The van der Waals surface area contributed by atoms with Crippen LogP contribution in [0.25, 0.3) is 6.08 Å². The molecule has 2 unspecified atom stereocenters. The van der Waals surface area contributed by atoms with E-state index in [1.165, 1.54) is 29.4 Å². The van der Waals surface area contributed by atoms with Crippen LogP contribution in [0.15, 0.2) is 75.4 Å². The first-order valence-electron chi connectivity index (χ1n) is 14.5. The Labute approximate surface area is 277 Å². The quantitative estimate of drug-likeness (QED) is 0.0860. The van der Waals surface area contributed by atoms with Crippen LogP contribution in [0.5, 0.6) is 5.75 Å². The first-order valence-corrected chi connectivity index (χ1v) is 17.0. The number of benzene rings is 2. The van der Waals surface area contributed by atoms with Gasteiger partial charge in [0.05, 0.1) is 23.2 Å². The first-order chi connectivity index (χ1) is 22.4. The molecular weight excluding hydrogens is 703 g/mol. The molecule has 2 aromatic carbocycles. The van der Waals surface area contributed by atoms with Gasteiger partial charge >= 0.3 is 19.4 Å². The zero-order valence-corrected chi connectivity index (χ0v) is 27.9. The van der Waals surface area contributed by atoms with Crippen molar-refractivity contribution in [3.63, 3.8) is 0 Å². The summed E-state index contributed by atoms with van der Waals surface area (Å²) in [5.74, 6) is -0.850. The second kappa shape index (κ2) is 16.3. The Balaban J connectivity index is 1.55. The number of hydrogen-bond donors (Lipinski definition) is 3. The summed E-state index contributed by atoms with van der Waals surface area (Å²) < 4.78 is 38.1. The van der Waals surface area contributed by atoms with Gasteiger partial charge in [-0.15, -0.1) is 0 Å². The monoisotopic (exact) mass is 736 g/mol. The summed E-state index contributed by atoms with van der Waals surface area (Å²) in [7, 11) is -4.49. The Morgan fingerprint density at radius 3 is 2.57 bits per heavy atom. The Morgan fingerprint density at radius 2 is 1.94 bits per heavy atom. The van der Waals surface area contributed by atoms with E-state index in [-0.39, 0.29) is 42.4 Å². The topological polar surface area (TPSA) is 201 Å². The van der Waals surface area contributed by atoms with Crippen LogP contribution in [0, 0.1) is 16.0 Å². The maximum absolute atomic E-state index is 14.3. The van der Waals surface area contributed by atoms with Gasteiger partial charge in [0.25, 0.3) is 11.2 Å². The summed E-state index contributed by atoms with van der Waals surface area (Å²) in [6.07, 6.45) is -0.495. The number of aliphatic hydroxyl groups excluding tert-OH is 1. The van der Waals surface area contributed by atoms with Gasteiger partial charge in [-0.3, -0.25) is 33.8 Å². The first kappa shape index (κ1) is 35.9. The normalized spacial score (nSPS) is 19.8. The number of non-ortho nitro benzene ring substituents is 1. The molecule has 1 aromatic heterocycles. The SMILES string of the molecule is CC(C)C[C@H](NP(=O)(OC[C@H]1O[C@@H](n2cc(/C=C/Br)c(=O)[nH]c2=O)CC1O)Oc1ccc([N+](=O)[O-])cc1)C(=O)OCc1ccccc1. The Hall–Kier alpha value is -3.92. The highest BCUT2D eigenvalue weighted by Gasteiger charge is 2.40. The lowest BCUT2D eigenvalue weighted by atomic mass is 10.1. The van der Waals surface area contributed by atoms with E-state index in [1.807, 2.05) is 19.9 Å². The molecule has 17 heteroatoms. The van der Waals surface area contributed by atoms with E-state index in [4.69, 9.17) is 18.5 Å². The number of carbonyl (C=O) groups is 1. The fourth-order valence-corrected chi connectivity index (χ4v) is 6.46. The van der Waals surface area contributed by atoms with Crippen molar-refractivity contribution in [1.82, 2.24) is 14.6 Å². The van der Waals surface area contributed by atoms with Gasteiger partial charge in [0.2, 0.25) is 0 Å². The van der Waals surface area contributed by atoms with E-state index in [1.54, 1.807) is 24.3 Å². The lowest BCUT2D eigenvalue weighted by molar-refractivity contribution is -0.384. The third kappa shape index (κ3) is 10.0. The average molecular weight is 737 g/mol. The maximum atomic E-state index is 14.3. The van der Waals surface area contributed by atoms with E-state index in [0.717, 1.165) is 22.3 Å². The fourth-order valence-electron chi connectivity index (χ4n) is 4.66. The molecule has 3 aromatic rings. The number of hydrogen-bond acceptors (Lipinski definition) is 11. The van der Waals surface area contributed by atoms with E-state index in [0.29, 0.717) is 0 Å². The Kier molecular flexibility index (Phi) is 12.4. The number of aromatic nitrogens is 2. The summed E-state index contributed by atoms with van der Waals surface area (Å²) in [5.41, 5.74) is -0.720. The number of halogens is 1. The molecule has 47 heavy (non-hydrogen) atoms. The van der Waals surface area contributed by atoms with Crippen molar-refractivity contribution in [2.45, 2.75) is 57.8 Å². The van der Waals surface area contributed by atoms with Crippen LogP contribution in [-0.2, 0) is 30.0 Å². The summed E-state index contributed by atoms with van der Waals surface area (Å²) in [6.45, 7) is 3.14. The number of ether oxygens (including phenoxy) is 2. The third-order valence-corrected chi connectivity index (χ3v) is 8.80. The van der Waals surface area contributed by atoms with Crippen molar-refractivity contribution < 1.29 is 37.9 Å². The second-order valence-corrected chi connectivity index (χ2v) is 13.2. The molecule has 0 radical (unpaired) electrons. The molecule has 2 heterocycles. The standard InChI is InChI=1S/C30H34BrN4O11P/c1-19(2)14-24(29(38)43-17-20-6-4-3-5-7-20)33-47(42,46-23-10-8-22(9-11-23)35(40)41)44-18-26-25(36)15-27(45-26)34-16-21(12-13-31)28(37)32-30(34)39/h3-13,16,19,24-27,36H,14-15,17-18H2,1-2H3,(H,33,42)(H,32,37,39)/b13-12+/t24-,25?,26+,27+,47?/m0/s1. The minimum atomic E-state index is -4.49. The maximum Gasteiger partial charge on any atom is 0.459 e.